The first-order chi connectivity index (χ1) is 9.13. The molecule has 1 aliphatic carbocycles. The zero-order valence-corrected chi connectivity index (χ0v) is 11.3. The van der Waals surface area contributed by atoms with E-state index in [1.54, 1.807) is 17.0 Å². The van der Waals surface area contributed by atoms with E-state index in [0.717, 1.165) is 12.8 Å². The number of hydrogen-bond donors (Lipinski definition) is 2. The van der Waals surface area contributed by atoms with Crippen LogP contribution in [0.1, 0.15) is 48.0 Å². The van der Waals surface area contributed by atoms with Crippen molar-refractivity contribution in [3.63, 3.8) is 0 Å². The van der Waals surface area contributed by atoms with Crippen molar-refractivity contribution in [3.8, 4) is 5.75 Å². The molecule has 0 atom stereocenters. The zero-order valence-electron chi connectivity index (χ0n) is 11.3. The Morgan fingerprint density at radius 1 is 1.32 bits per heavy atom. The Labute approximate surface area is 113 Å². The average molecular weight is 263 g/mol. The van der Waals surface area contributed by atoms with E-state index < -0.39 is 0 Å². The first-order valence-corrected chi connectivity index (χ1v) is 6.83. The second-order valence-corrected chi connectivity index (χ2v) is 5.21. The number of carbonyl (C=O) groups is 1. The molecular formula is C15H21NO3. The maximum atomic E-state index is 12.4. The van der Waals surface area contributed by atoms with Crippen LogP contribution in [-0.4, -0.2) is 34.1 Å². The quantitative estimate of drug-likeness (QED) is 0.879. The first kappa shape index (κ1) is 13.9. The van der Waals surface area contributed by atoms with Crippen molar-refractivity contribution in [2.24, 2.45) is 0 Å². The summed E-state index contributed by atoms with van der Waals surface area (Å²) in [5.74, 6) is -0.0130. The fourth-order valence-corrected chi connectivity index (χ4v) is 2.68. The van der Waals surface area contributed by atoms with Crippen LogP contribution in [0.2, 0.25) is 0 Å². The molecule has 0 heterocycles. The van der Waals surface area contributed by atoms with Gasteiger partial charge in [-0.2, -0.15) is 0 Å². The van der Waals surface area contributed by atoms with Crippen molar-refractivity contribution in [1.29, 1.82) is 0 Å². The van der Waals surface area contributed by atoms with Crippen LogP contribution in [0, 0.1) is 0 Å². The van der Waals surface area contributed by atoms with Gasteiger partial charge in [-0.25, -0.2) is 0 Å². The topological polar surface area (TPSA) is 60.8 Å². The molecule has 0 radical (unpaired) electrons. The van der Waals surface area contributed by atoms with Crippen molar-refractivity contribution in [2.75, 3.05) is 7.05 Å². The molecular weight excluding hydrogens is 242 g/mol. The molecule has 1 aromatic rings. The van der Waals surface area contributed by atoms with Gasteiger partial charge in [-0.05, 0) is 31.0 Å². The maximum absolute atomic E-state index is 12.4. The smallest absolute Gasteiger partial charge is 0.253 e. The molecule has 4 heteroatoms. The van der Waals surface area contributed by atoms with Gasteiger partial charge in [0.25, 0.3) is 5.91 Å². The molecule has 0 spiro atoms. The molecule has 19 heavy (non-hydrogen) atoms. The fourth-order valence-electron chi connectivity index (χ4n) is 2.68. The van der Waals surface area contributed by atoms with Gasteiger partial charge in [-0.3, -0.25) is 4.79 Å². The highest BCUT2D eigenvalue weighted by Gasteiger charge is 2.23. The number of benzene rings is 1. The summed E-state index contributed by atoms with van der Waals surface area (Å²) in [5.41, 5.74) is 0.915. The summed E-state index contributed by atoms with van der Waals surface area (Å²) in [6.07, 6.45) is 5.74. The van der Waals surface area contributed by atoms with Crippen LogP contribution >= 0.6 is 0 Å². The van der Waals surface area contributed by atoms with Crippen molar-refractivity contribution >= 4 is 5.91 Å². The zero-order chi connectivity index (χ0) is 13.8. The van der Waals surface area contributed by atoms with E-state index >= 15 is 0 Å². The van der Waals surface area contributed by atoms with E-state index in [2.05, 4.69) is 0 Å². The summed E-state index contributed by atoms with van der Waals surface area (Å²) in [5, 5.41) is 18.6. The van der Waals surface area contributed by atoms with Crippen molar-refractivity contribution in [1.82, 2.24) is 4.90 Å². The number of aromatic hydroxyl groups is 1. The van der Waals surface area contributed by atoms with Crippen molar-refractivity contribution in [3.05, 3.63) is 29.3 Å². The second-order valence-electron chi connectivity index (χ2n) is 5.21. The predicted octanol–water partition coefficient (Wildman–Crippen LogP) is 2.29. The molecule has 1 aromatic carbocycles. The van der Waals surface area contributed by atoms with E-state index in [-0.39, 0.29) is 18.3 Å². The molecule has 104 valence electrons. The summed E-state index contributed by atoms with van der Waals surface area (Å²) in [4.78, 5) is 14.2. The summed E-state index contributed by atoms with van der Waals surface area (Å²) in [6, 6.07) is 4.95. The minimum atomic E-state index is -0.264. The number of rotatable bonds is 3. The Bertz CT molecular complexity index is 453. The van der Waals surface area contributed by atoms with Gasteiger partial charge in [-0.1, -0.05) is 19.3 Å². The number of hydrogen-bond acceptors (Lipinski definition) is 3. The lowest BCUT2D eigenvalue weighted by Crippen LogP contribution is -2.38. The minimum absolute atomic E-state index is 0.0272. The lowest BCUT2D eigenvalue weighted by atomic mass is 9.94. The highest BCUT2D eigenvalue weighted by molar-refractivity contribution is 5.94. The van der Waals surface area contributed by atoms with Crippen LogP contribution in [0.15, 0.2) is 18.2 Å². The Balaban J connectivity index is 2.14. The van der Waals surface area contributed by atoms with Crippen LogP contribution in [0.25, 0.3) is 0 Å². The summed E-state index contributed by atoms with van der Waals surface area (Å²) in [7, 11) is 1.84. The molecule has 4 nitrogen and oxygen atoms in total. The average Bonchev–Trinajstić information content (AvgIpc) is 2.47. The monoisotopic (exact) mass is 263 g/mol. The highest BCUT2D eigenvalue weighted by atomic mass is 16.3. The SMILES string of the molecule is CN(C(=O)c1ccc(O)c(CO)c1)C1CCCCC1. The highest BCUT2D eigenvalue weighted by Crippen LogP contribution is 2.24. The van der Waals surface area contributed by atoms with Gasteiger partial charge < -0.3 is 15.1 Å². The van der Waals surface area contributed by atoms with Crippen LogP contribution < -0.4 is 0 Å². The van der Waals surface area contributed by atoms with Gasteiger partial charge in [-0.15, -0.1) is 0 Å². The lowest BCUT2D eigenvalue weighted by molar-refractivity contribution is 0.0696. The van der Waals surface area contributed by atoms with Crippen molar-refractivity contribution in [2.45, 2.75) is 44.8 Å². The van der Waals surface area contributed by atoms with Gasteiger partial charge in [0.05, 0.1) is 6.61 Å². The third kappa shape index (κ3) is 3.07. The third-order valence-electron chi connectivity index (χ3n) is 3.94. The normalized spacial score (nSPS) is 16.3. The standard InChI is InChI=1S/C15H21NO3/c1-16(13-5-3-2-4-6-13)15(19)11-7-8-14(18)12(9-11)10-17/h7-9,13,17-18H,2-6,10H2,1H3. The second kappa shape index (κ2) is 6.06. The van der Waals surface area contributed by atoms with Gasteiger partial charge in [0, 0.05) is 24.2 Å². The van der Waals surface area contributed by atoms with E-state index in [1.807, 2.05) is 7.05 Å². The van der Waals surface area contributed by atoms with E-state index in [9.17, 15) is 9.90 Å². The summed E-state index contributed by atoms with van der Waals surface area (Å²) >= 11 is 0. The number of phenols is 1. The minimum Gasteiger partial charge on any atom is -0.508 e. The molecule has 0 aromatic heterocycles. The van der Waals surface area contributed by atoms with Crippen molar-refractivity contribution < 1.29 is 15.0 Å². The molecule has 1 amide bonds. The van der Waals surface area contributed by atoms with E-state index in [0.29, 0.717) is 17.2 Å². The van der Waals surface area contributed by atoms with Gasteiger partial charge in [0.1, 0.15) is 5.75 Å². The van der Waals surface area contributed by atoms with E-state index in [1.165, 1.54) is 25.3 Å². The number of nitrogens with zero attached hydrogens (tertiary/aromatic N) is 1. The molecule has 0 bridgehead atoms. The molecule has 2 rings (SSSR count). The number of aliphatic hydroxyl groups is 1. The van der Waals surface area contributed by atoms with Gasteiger partial charge in [0.15, 0.2) is 0 Å². The predicted molar refractivity (Wildman–Crippen MR) is 73.0 cm³/mol. The summed E-state index contributed by atoms with van der Waals surface area (Å²) < 4.78 is 0. The maximum Gasteiger partial charge on any atom is 0.253 e. The lowest BCUT2D eigenvalue weighted by Gasteiger charge is -2.31. The summed E-state index contributed by atoms with van der Waals surface area (Å²) in [6.45, 7) is -0.264. The number of carbonyl (C=O) groups excluding carboxylic acids is 1. The Morgan fingerprint density at radius 3 is 2.63 bits per heavy atom. The largest absolute Gasteiger partial charge is 0.508 e. The number of aliphatic hydroxyl groups excluding tert-OH is 1. The Kier molecular flexibility index (Phi) is 4.43. The fraction of sp³-hybridized carbons (Fsp3) is 0.533. The van der Waals surface area contributed by atoms with E-state index in [4.69, 9.17) is 5.11 Å². The van der Waals surface area contributed by atoms with Crippen LogP contribution in [0.5, 0.6) is 5.75 Å². The van der Waals surface area contributed by atoms with Crippen LogP contribution in [-0.2, 0) is 6.61 Å². The van der Waals surface area contributed by atoms with Crippen LogP contribution in [0.4, 0.5) is 0 Å². The third-order valence-corrected chi connectivity index (χ3v) is 3.94. The molecule has 1 fully saturated rings. The first-order valence-electron chi connectivity index (χ1n) is 6.83. The molecule has 1 saturated carbocycles. The Hall–Kier alpha value is -1.55. The van der Waals surface area contributed by atoms with Gasteiger partial charge in [0.2, 0.25) is 0 Å². The molecule has 0 unspecified atom stereocenters. The molecule has 0 saturated heterocycles. The molecule has 2 N–H and O–H groups in total. The molecule has 0 aliphatic heterocycles. The van der Waals surface area contributed by atoms with Crippen LogP contribution in [0.3, 0.4) is 0 Å². The Morgan fingerprint density at radius 2 is 2.00 bits per heavy atom. The number of amides is 1. The molecule has 1 aliphatic rings. The van der Waals surface area contributed by atoms with Gasteiger partial charge >= 0.3 is 0 Å².